The number of hydrogen-bond acceptors (Lipinski definition) is 6. The lowest BCUT2D eigenvalue weighted by Crippen LogP contribution is -2.43. The van der Waals surface area contributed by atoms with Crippen LogP contribution in [0.4, 0.5) is 0 Å². The summed E-state index contributed by atoms with van der Waals surface area (Å²) in [5.74, 6) is 0. The van der Waals surface area contributed by atoms with Gasteiger partial charge in [-0.2, -0.15) is 9.61 Å². The number of rotatable bonds is 5. The minimum Gasteiger partial charge on any atom is -0.313 e. The molecule has 1 fully saturated rings. The van der Waals surface area contributed by atoms with Crippen molar-refractivity contribution in [1.82, 2.24) is 24.8 Å². The van der Waals surface area contributed by atoms with E-state index in [0.29, 0.717) is 11.0 Å². The first kappa shape index (κ1) is 14.6. The molecule has 0 radical (unpaired) electrons. The second-order valence-corrected chi connectivity index (χ2v) is 6.31. The zero-order valence-electron chi connectivity index (χ0n) is 12.3. The third-order valence-corrected chi connectivity index (χ3v) is 4.64. The summed E-state index contributed by atoms with van der Waals surface area (Å²) in [7, 11) is 0. The van der Waals surface area contributed by atoms with Crippen molar-refractivity contribution < 1.29 is 0 Å². The van der Waals surface area contributed by atoms with E-state index >= 15 is 0 Å². The highest BCUT2D eigenvalue weighted by atomic mass is 32.1. The lowest BCUT2D eigenvalue weighted by atomic mass is 10.0. The van der Waals surface area contributed by atoms with E-state index in [-0.39, 0.29) is 5.56 Å². The van der Waals surface area contributed by atoms with Gasteiger partial charge in [0.1, 0.15) is 5.51 Å². The molecule has 0 aromatic carbocycles. The van der Waals surface area contributed by atoms with E-state index < -0.39 is 0 Å². The van der Waals surface area contributed by atoms with Crippen LogP contribution in [0.2, 0.25) is 0 Å². The van der Waals surface area contributed by atoms with Gasteiger partial charge in [0.2, 0.25) is 4.96 Å². The molecule has 1 N–H and O–H groups in total. The summed E-state index contributed by atoms with van der Waals surface area (Å²) in [5, 5.41) is 7.56. The molecular weight excluding hydrogens is 286 g/mol. The molecule has 0 amide bonds. The van der Waals surface area contributed by atoms with Crippen molar-refractivity contribution in [3.8, 4) is 0 Å². The Kier molecular flexibility index (Phi) is 4.62. The lowest BCUT2D eigenvalue weighted by Gasteiger charge is -2.29. The Balaban J connectivity index is 1.70. The fourth-order valence-electron chi connectivity index (χ4n) is 2.81. The Morgan fingerprint density at radius 3 is 3.19 bits per heavy atom. The van der Waals surface area contributed by atoms with E-state index in [4.69, 9.17) is 0 Å². The average Bonchev–Trinajstić information content (AvgIpc) is 2.96. The highest BCUT2D eigenvalue weighted by Gasteiger charge is 2.16. The minimum atomic E-state index is -0.0944. The van der Waals surface area contributed by atoms with Crippen LogP contribution < -0.4 is 10.9 Å². The Morgan fingerprint density at radius 1 is 1.52 bits per heavy atom. The Morgan fingerprint density at radius 2 is 2.43 bits per heavy atom. The Labute approximate surface area is 127 Å². The number of aromatic nitrogens is 3. The molecule has 1 unspecified atom stereocenters. The van der Waals surface area contributed by atoms with Gasteiger partial charge in [-0.1, -0.05) is 24.7 Å². The maximum absolute atomic E-state index is 12.0. The number of hydrogen-bond donors (Lipinski definition) is 1. The van der Waals surface area contributed by atoms with Gasteiger partial charge in [-0.25, -0.2) is 4.98 Å². The second-order valence-electron chi connectivity index (χ2n) is 5.49. The van der Waals surface area contributed by atoms with Gasteiger partial charge in [0.15, 0.2) is 0 Å². The Bertz CT molecular complexity index is 646. The quantitative estimate of drug-likeness (QED) is 0.897. The minimum absolute atomic E-state index is 0.0944. The fourth-order valence-corrected chi connectivity index (χ4v) is 3.45. The number of fused-ring (bicyclic) bond motifs is 1. The molecule has 1 aliphatic rings. The second kappa shape index (κ2) is 6.64. The summed E-state index contributed by atoms with van der Waals surface area (Å²) in [4.78, 5) is 19.5. The van der Waals surface area contributed by atoms with E-state index in [0.717, 1.165) is 31.9 Å². The molecular formula is C14H21N5OS. The van der Waals surface area contributed by atoms with Gasteiger partial charge in [0.05, 0.1) is 5.69 Å². The highest BCUT2D eigenvalue weighted by Crippen LogP contribution is 2.11. The van der Waals surface area contributed by atoms with Crippen LogP contribution in [0.5, 0.6) is 0 Å². The number of nitrogens with zero attached hydrogens (tertiary/aromatic N) is 4. The van der Waals surface area contributed by atoms with Crippen LogP contribution in [0, 0.1) is 0 Å². The molecule has 0 bridgehead atoms. The molecule has 3 rings (SSSR count). The van der Waals surface area contributed by atoms with Gasteiger partial charge in [0, 0.05) is 25.2 Å². The molecule has 1 aliphatic heterocycles. The van der Waals surface area contributed by atoms with Crippen LogP contribution in [0.15, 0.2) is 16.4 Å². The van der Waals surface area contributed by atoms with Gasteiger partial charge in [-0.3, -0.25) is 9.69 Å². The van der Waals surface area contributed by atoms with Crippen LogP contribution in [0.3, 0.4) is 0 Å². The number of likely N-dealkylation sites (N-methyl/N-ethyl adjacent to an activating group) is 1. The molecule has 1 saturated heterocycles. The van der Waals surface area contributed by atoms with Crippen molar-refractivity contribution in [3.05, 3.63) is 27.6 Å². The summed E-state index contributed by atoms with van der Waals surface area (Å²) in [6.07, 6.45) is 3.82. The molecule has 1 atom stereocenters. The summed E-state index contributed by atoms with van der Waals surface area (Å²) >= 11 is 1.40. The smallest absolute Gasteiger partial charge is 0.275 e. The van der Waals surface area contributed by atoms with Gasteiger partial charge >= 0.3 is 0 Å². The lowest BCUT2D eigenvalue weighted by molar-refractivity contribution is 0.224. The van der Waals surface area contributed by atoms with Crippen LogP contribution in [-0.4, -0.2) is 45.2 Å². The van der Waals surface area contributed by atoms with E-state index in [2.05, 4.69) is 27.2 Å². The van der Waals surface area contributed by atoms with Crippen molar-refractivity contribution in [1.29, 1.82) is 0 Å². The largest absolute Gasteiger partial charge is 0.313 e. The fraction of sp³-hybridized carbons (Fsp3) is 0.643. The summed E-state index contributed by atoms with van der Waals surface area (Å²) in [5.41, 5.74) is 2.39. The van der Waals surface area contributed by atoms with E-state index in [1.54, 1.807) is 11.6 Å². The first-order chi connectivity index (χ1) is 10.3. The predicted molar refractivity (Wildman–Crippen MR) is 83.7 cm³/mol. The van der Waals surface area contributed by atoms with Crippen molar-refractivity contribution in [2.24, 2.45) is 0 Å². The molecule has 0 spiro atoms. The molecule has 21 heavy (non-hydrogen) atoms. The van der Waals surface area contributed by atoms with Gasteiger partial charge in [-0.05, 0) is 25.9 Å². The van der Waals surface area contributed by atoms with Crippen LogP contribution in [-0.2, 0) is 6.54 Å². The summed E-state index contributed by atoms with van der Waals surface area (Å²) < 4.78 is 1.35. The number of nitrogens with one attached hydrogen (secondary N) is 1. The molecule has 7 heteroatoms. The van der Waals surface area contributed by atoms with Crippen molar-refractivity contribution >= 4 is 16.3 Å². The topological polar surface area (TPSA) is 62.5 Å². The van der Waals surface area contributed by atoms with Crippen molar-refractivity contribution in [3.63, 3.8) is 0 Å². The van der Waals surface area contributed by atoms with Crippen LogP contribution in [0.1, 0.15) is 31.9 Å². The maximum Gasteiger partial charge on any atom is 0.275 e. The summed E-state index contributed by atoms with van der Waals surface area (Å²) in [6, 6.07) is 2.16. The number of piperidine rings is 1. The van der Waals surface area contributed by atoms with Gasteiger partial charge in [-0.15, -0.1) is 0 Å². The molecule has 3 heterocycles. The zero-order chi connectivity index (χ0) is 14.7. The SMILES string of the molecule is CCN(Cc1cc(=O)n2ncsc2n1)CC1CCCCN1. The third-order valence-electron chi connectivity index (χ3n) is 3.96. The highest BCUT2D eigenvalue weighted by molar-refractivity contribution is 7.14. The zero-order valence-corrected chi connectivity index (χ0v) is 13.1. The van der Waals surface area contributed by atoms with Crippen LogP contribution in [0.25, 0.3) is 4.96 Å². The maximum atomic E-state index is 12.0. The van der Waals surface area contributed by atoms with Crippen molar-refractivity contribution in [2.45, 2.75) is 38.8 Å². The molecule has 2 aromatic heterocycles. The normalized spacial score (nSPS) is 19.4. The predicted octanol–water partition coefficient (Wildman–Crippen LogP) is 1.11. The van der Waals surface area contributed by atoms with Gasteiger partial charge in [0.25, 0.3) is 5.56 Å². The van der Waals surface area contributed by atoms with E-state index in [9.17, 15) is 4.79 Å². The molecule has 6 nitrogen and oxygen atoms in total. The van der Waals surface area contributed by atoms with Crippen LogP contribution >= 0.6 is 11.3 Å². The monoisotopic (exact) mass is 307 g/mol. The van der Waals surface area contributed by atoms with Gasteiger partial charge < -0.3 is 5.32 Å². The molecule has 2 aromatic rings. The third kappa shape index (κ3) is 3.48. The molecule has 0 aliphatic carbocycles. The van der Waals surface area contributed by atoms with E-state index in [1.165, 1.54) is 35.1 Å². The first-order valence-electron chi connectivity index (χ1n) is 7.54. The van der Waals surface area contributed by atoms with E-state index in [1.807, 2.05) is 0 Å². The first-order valence-corrected chi connectivity index (χ1v) is 8.42. The molecule has 114 valence electrons. The Hall–Kier alpha value is -1.31. The van der Waals surface area contributed by atoms with Crippen molar-refractivity contribution in [2.75, 3.05) is 19.6 Å². The standard InChI is InChI=1S/C14H21N5OS/c1-2-18(8-11-5-3-4-6-15-11)9-12-7-13(20)19-14(17-12)21-10-16-19/h7,10-11,15H,2-6,8-9H2,1H3. The average molecular weight is 307 g/mol. The summed E-state index contributed by atoms with van der Waals surface area (Å²) in [6.45, 7) is 5.97. The molecule has 0 saturated carbocycles.